The number of rotatable bonds is 5. The first-order valence-electron chi connectivity index (χ1n) is 8.40. The van der Waals surface area contributed by atoms with E-state index in [0.717, 1.165) is 5.56 Å². The maximum Gasteiger partial charge on any atom is 0.348 e. The largest absolute Gasteiger partial charge is 0.423 e. The number of hydrogen-bond acceptors (Lipinski definition) is 4. The SMILES string of the molecule is CC(=O)Nc1ccc(OC(=O)c2c(C)nn(Cc3ccc(F)cc3)c2Cl)cc1. The third kappa shape index (κ3) is 4.55. The zero-order valence-corrected chi connectivity index (χ0v) is 16.0. The average molecular weight is 402 g/mol. The van der Waals surface area contributed by atoms with E-state index in [1.807, 2.05) is 0 Å². The summed E-state index contributed by atoms with van der Waals surface area (Å²) in [6.45, 7) is 3.35. The Hall–Kier alpha value is -3.19. The number of aryl methyl sites for hydroxylation is 1. The normalized spacial score (nSPS) is 10.6. The summed E-state index contributed by atoms with van der Waals surface area (Å²) in [5, 5.41) is 7.05. The zero-order valence-electron chi connectivity index (χ0n) is 15.2. The smallest absolute Gasteiger partial charge is 0.348 e. The molecule has 0 spiro atoms. The van der Waals surface area contributed by atoms with E-state index >= 15 is 0 Å². The molecule has 3 rings (SSSR count). The molecule has 0 radical (unpaired) electrons. The van der Waals surface area contributed by atoms with E-state index in [2.05, 4.69) is 10.4 Å². The van der Waals surface area contributed by atoms with Crippen LogP contribution in [0.3, 0.4) is 0 Å². The van der Waals surface area contributed by atoms with Crippen molar-refractivity contribution in [3.8, 4) is 5.75 Å². The fourth-order valence-corrected chi connectivity index (χ4v) is 2.93. The number of nitrogens with one attached hydrogen (secondary N) is 1. The predicted molar refractivity (Wildman–Crippen MR) is 103 cm³/mol. The highest BCUT2D eigenvalue weighted by atomic mass is 35.5. The summed E-state index contributed by atoms with van der Waals surface area (Å²) in [4.78, 5) is 23.6. The summed E-state index contributed by atoms with van der Waals surface area (Å²) in [6, 6.07) is 12.3. The zero-order chi connectivity index (χ0) is 20.3. The van der Waals surface area contributed by atoms with E-state index in [-0.39, 0.29) is 22.4 Å². The molecule has 1 heterocycles. The van der Waals surface area contributed by atoms with Gasteiger partial charge in [-0.2, -0.15) is 5.10 Å². The van der Waals surface area contributed by atoms with Crippen molar-refractivity contribution in [3.05, 3.63) is 76.3 Å². The van der Waals surface area contributed by atoms with Crippen molar-refractivity contribution in [2.75, 3.05) is 5.32 Å². The van der Waals surface area contributed by atoms with Gasteiger partial charge in [0.2, 0.25) is 5.91 Å². The van der Waals surface area contributed by atoms with Crippen LogP contribution in [0.2, 0.25) is 5.15 Å². The third-order valence-electron chi connectivity index (χ3n) is 3.90. The highest BCUT2D eigenvalue weighted by Gasteiger charge is 2.22. The van der Waals surface area contributed by atoms with Gasteiger partial charge < -0.3 is 10.1 Å². The van der Waals surface area contributed by atoms with Gasteiger partial charge in [0.15, 0.2) is 0 Å². The van der Waals surface area contributed by atoms with Crippen molar-refractivity contribution in [3.63, 3.8) is 0 Å². The molecule has 1 amide bonds. The van der Waals surface area contributed by atoms with Gasteiger partial charge >= 0.3 is 5.97 Å². The first-order chi connectivity index (χ1) is 13.3. The Labute approximate surface area is 165 Å². The van der Waals surface area contributed by atoms with Gasteiger partial charge in [0.25, 0.3) is 0 Å². The summed E-state index contributed by atoms with van der Waals surface area (Å²) >= 11 is 6.33. The number of anilines is 1. The summed E-state index contributed by atoms with van der Waals surface area (Å²) < 4.78 is 19.9. The third-order valence-corrected chi connectivity index (χ3v) is 4.28. The minimum Gasteiger partial charge on any atom is -0.423 e. The van der Waals surface area contributed by atoms with Crippen molar-refractivity contribution in [1.29, 1.82) is 0 Å². The molecule has 0 fully saturated rings. The minimum absolute atomic E-state index is 0.140. The summed E-state index contributed by atoms with van der Waals surface area (Å²) in [5.41, 5.74) is 1.97. The molecule has 0 atom stereocenters. The van der Waals surface area contributed by atoms with Crippen molar-refractivity contribution in [2.45, 2.75) is 20.4 Å². The Bertz CT molecular complexity index is 1010. The number of nitrogens with zero attached hydrogens (tertiary/aromatic N) is 2. The molecular formula is C20H17ClFN3O3. The highest BCUT2D eigenvalue weighted by molar-refractivity contribution is 6.32. The second-order valence-electron chi connectivity index (χ2n) is 6.13. The number of hydrogen-bond donors (Lipinski definition) is 1. The Morgan fingerprint density at radius 1 is 1.14 bits per heavy atom. The van der Waals surface area contributed by atoms with Crippen molar-refractivity contribution in [1.82, 2.24) is 9.78 Å². The maximum atomic E-state index is 13.0. The van der Waals surface area contributed by atoms with Crippen LogP contribution in [-0.4, -0.2) is 21.7 Å². The first kappa shape index (κ1) is 19.6. The van der Waals surface area contributed by atoms with Crippen LogP contribution in [0.1, 0.15) is 28.5 Å². The van der Waals surface area contributed by atoms with Crippen LogP contribution in [0.15, 0.2) is 48.5 Å². The lowest BCUT2D eigenvalue weighted by atomic mass is 10.2. The van der Waals surface area contributed by atoms with Gasteiger partial charge in [-0.25, -0.2) is 13.9 Å². The summed E-state index contributed by atoms with van der Waals surface area (Å²) in [6.07, 6.45) is 0. The molecule has 144 valence electrons. The molecule has 0 bridgehead atoms. The maximum absolute atomic E-state index is 13.0. The van der Waals surface area contributed by atoms with Gasteiger partial charge in [0.05, 0.1) is 12.2 Å². The minimum atomic E-state index is -0.639. The second kappa shape index (κ2) is 8.22. The molecule has 1 N–H and O–H groups in total. The molecule has 1 aromatic heterocycles. The van der Waals surface area contributed by atoms with Crippen LogP contribution < -0.4 is 10.1 Å². The summed E-state index contributed by atoms with van der Waals surface area (Å²) in [5.74, 6) is -0.859. The van der Waals surface area contributed by atoms with E-state index in [4.69, 9.17) is 16.3 Å². The van der Waals surface area contributed by atoms with Crippen LogP contribution >= 0.6 is 11.6 Å². The molecule has 0 aliphatic rings. The number of halogens is 2. The molecular weight excluding hydrogens is 385 g/mol. The van der Waals surface area contributed by atoms with E-state index in [1.54, 1.807) is 43.3 Å². The van der Waals surface area contributed by atoms with Crippen LogP contribution in [-0.2, 0) is 11.3 Å². The van der Waals surface area contributed by atoms with Gasteiger partial charge in [0.1, 0.15) is 22.3 Å². The van der Waals surface area contributed by atoms with Gasteiger partial charge in [0, 0.05) is 12.6 Å². The fourth-order valence-electron chi connectivity index (χ4n) is 2.62. The number of carbonyl (C=O) groups is 2. The quantitative estimate of drug-likeness (QED) is 0.513. The number of ether oxygens (including phenoxy) is 1. The van der Waals surface area contributed by atoms with Crippen LogP contribution in [0.4, 0.5) is 10.1 Å². The molecule has 0 aliphatic carbocycles. The molecule has 28 heavy (non-hydrogen) atoms. The molecule has 0 saturated heterocycles. The fraction of sp³-hybridized carbons (Fsp3) is 0.150. The number of esters is 1. The Morgan fingerprint density at radius 2 is 1.79 bits per heavy atom. The lowest BCUT2D eigenvalue weighted by Crippen LogP contribution is -2.10. The van der Waals surface area contributed by atoms with Crippen molar-refractivity contribution < 1.29 is 18.7 Å². The Morgan fingerprint density at radius 3 is 2.39 bits per heavy atom. The predicted octanol–water partition coefficient (Wildman–Crippen LogP) is 4.21. The molecule has 3 aromatic rings. The van der Waals surface area contributed by atoms with E-state index < -0.39 is 5.97 Å². The lowest BCUT2D eigenvalue weighted by molar-refractivity contribution is -0.114. The van der Waals surface area contributed by atoms with E-state index in [0.29, 0.717) is 23.7 Å². The average Bonchev–Trinajstić information content (AvgIpc) is 2.91. The van der Waals surface area contributed by atoms with Crippen LogP contribution in [0, 0.1) is 12.7 Å². The Kier molecular flexibility index (Phi) is 5.75. The molecule has 0 unspecified atom stereocenters. The Balaban J connectivity index is 1.75. The molecule has 6 nitrogen and oxygen atoms in total. The van der Waals surface area contributed by atoms with Gasteiger partial charge in [-0.15, -0.1) is 0 Å². The molecule has 8 heteroatoms. The number of benzene rings is 2. The lowest BCUT2D eigenvalue weighted by Gasteiger charge is -2.07. The van der Waals surface area contributed by atoms with Crippen LogP contribution in [0.25, 0.3) is 0 Å². The van der Waals surface area contributed by atoms with Crippen LogP contribution in [0.5, 0.6) is 5.75 Å². The highest BCUT2D eigenvalue weighted by Crippen LogP contribution is 2.24. The van der Waals surface area contributed by atoms with Crippen molar-refractivity contribution >= 4 is 29.2 Å². The molecule has 0 aliphatic heterocycles. The first-order valence-corrected chi connectivity index (χ1v) is 8.78. The molecule has 0 saturated carbocycles. The molecule has 2 aromatic carbocycles. The van der Waals surface area contributed by atoms with Gasteiger partial charge in [-0.05, 0) is 48.9 Å². The van der Waals surface area contributed by atoms with Crippen molar-refractivity contribution in [2.24, 2.45) is 0 Å². The summed E-state index contributed by atoms with van der Waals surface area (Å²) in [7, 11) is 0. The standard InChI is InChI=1S/C20H17ClFN3O3/c1-12-18(19(21)25(24-12)11-14-3-5-15(22)6-4-14)20(27)28-17-9-7-16(8-10-17)23-13(2)26/h3-10H,11H2,1-2H3,(H,23,26). The number of amides is 1. The van der Waals surface area contributed by atoms with Gasteiger partial charge in [-0.1, -0.05) is 23.7 Å². The van der Waals surface area contributed by atoms with Gasteiger partial charge in [-0.3, -0.25) is 4.79 Å². The van der Waals surface area contributed by atoms with E-state index in [9.17, 15) is 14.0 Å². The topological polar surface area (TPSA) is 73.2 Å². The van der Waals surface area contributed by atoms with E-state index in [1.165, 1.54) is 23.7 Å². The second-order valence-corrected chi connectivity index (χ2v) is 6.49. The number of aromatic nitrogens is 2. The monoisotopic (exact) mass is 401 g/mol. The number of carbonyl (C=O) groups excluding carboxylic acids is 2.